The third kappa shape index (κ3) is 3.84. The van der Waals surface area contributed by atoms with Gasteiger partial charge in [0.15, 0.2) is 11.6 Å². The number of likely N-dealkylation sites (tertiary alicyclic amines) is 1. The molecule has 0 radical (unpaired) electrons. The van der Waals surface area contributed by atoms with E-state index in [1.807, 2.05) is 0 Å². The first kappa shape index (κ1) is 16.0. The smallest absolute Gasteiger partial charge is 0.246 e. The second-order valence-electron chi connectivity index (χ2n) is 5.20. The summed E-state index contributed by atoms with van der Waals surface area (Å²) in [6.45, 7) is 4.31. The van der Waals surface area contributed by atoms with E-state index >= 15 is 0 Å². The lowest BCUT2D eigenvalue weighted by Crippen LogP contribution is -2.40. The van der Waals surface area contributed by atoms with Crippen molar-refractivity contribution in [1.82, 2.24) is 9.80 Å². The van der Waals surface area contributed by atoms with Crippen molar-refractivity contribution in [2.45, 2.75) is 12.5 Å². The van der Waals surface area contributed by atoms with E-state index < -0.39 is 5.82 Å². The average Bonchev–Trinajstić information content (AvgIpc) is 2.97. The van der Waals surface area contributed by atoms with Gasteiger partial charge in [0.2, 0.25) is 11.8 Å². The molecule has 0 bridgehead atoms. The van der Waals surface area contributed by atoms with Crippen molar-refractivity contribution in [3.63, 3.8) is 0 Å². The van der Waals surface area contributed by atoms with E-state index in [9.17, 15) is 14.0 Å². The van der Waals surface area contributed by atoms with Crippen LogP contribution in [0.2, 0.25) is 0 Å². The van der Waals surface area contributed by atoms with Gasteiger partial charge >= 0.3 is 0 Å². The minimum Gasteiger partial charge on any atom is -0.485 e. The summed E-state index contributed by atoms with van der Waals surface area (Å²) < 4.78 is 19.1. The van der Waals surface area contributed by atoms with Gasteiger partial charge in [-0.05, 0) is 18.2 Å². The monoisotopic (exact) mass is 306 g/mol. The molecule has 0 N–H and O–H groups in total. The Balaban J connectivity index is 1.87. The Morgan fingerprint density at radius 2 is 2.23 bits per heavy atom. The first-order chi connectivity index (χ1) is 10.5. The second-order valence-corrected chi connectivity index (χ2v) is 5.20. The van der Waals surface area contributed by atoms with Crippen molar-refractivity contribution < 1.29 is 18.7 Å². The highest BCUT2D eigenvalue weighted by Crippen LogP contribution is 2.21. The van der Waals surface area contributed by atoms with Crippen LogP contribution in [0.1, 0.15) is 6.42 Å². The Labute approximate surface area is 129 Å². The lowest BCUT2D eigenvalue weighted by Gasteiger charge is -2.21. The Kier molecular flexibility index (Phi) is 5.14. The van der Waals surface area contributed by atoms with Crippen molar-refractivity contribution in [1.29, 1.82) is 0 Å². The van der Waals surface area contributed by atoms with E-state index in [0.29, 0.717) is 19.5 Å². The summed E-state index contributed by atoms with van der Waals surface area (Å²) in [5.74, 6) is -0.673. The van der Waals surface area contributed by atoms with Gasteiger partial charge in [-0.3, -0.25) is 9.59 Å². The molecule has 0 saturated carbocycles. The number of ether oxygens (including phenoxy) is 1. The number of benzene rings is 1. The van der Waals surface area contributed by atoms with Gasteiger partial charge in [-0.2, -0.15) is 0 Å². The normalized spacial score (nSPS) is 17.2. The molecule has 1 unspecified atom stereocenters. The first-order valence-electron chi connectivity index (χ1n) is 7.07. The van der Waals surface area contributed by atoms with Crippen molar-refractivity contribution in [2.75, 3.05) is 26.7 Å². The van der Waals surface area contributed by atoms with Crippen LogP contribution in [0.15, 0.2) is 36.9 Å². The molecule has 2 rings (SSSR count). The van der Waals surface area contributed by atoms with Crippen LogP contribution in [0.4, 0.5) is 4.39 Å². The highest BCUT2D eigenvalue weighted by Gasteiger charge is 2.28. The molecule has 1 aromatic carbocycles. The number of nitrogens with zero attached hydrogens (tertiary/aromatic N) is 2. The van der Waals surface area contributed by atoms with Crippen LogP contribution in [0.3, 0.4) is 0 Å². The van der Waals surface area contributed by atoms with E-state index in [-0.39, 0.29) is 30.2 Å². The molecule has 5 nitrogen and oxygen atoms in total. The molecular formula is C16H19FN2O3. The number of amides is 2. The largest absolute Gasteiger partial charge is 0.485 e. The minimum atomic E-state index is -0.413. The Morgan fingerprint density at radius 3 is 2.91 bits per heavy atom. The lowest BCUT2D eigenvalue weighted by atomic mass is 10.3. The van der Waals surface area contributed by atoms with Gasteiger partial charge in [-0.1, -0.05) is 18.7 Å². The molecule has 2 amide bonds. The summed E-state index contributed by atoms with van der Waals surface area (Å²) in [4.78, 5) is 26.4. The first-order valence-corrected chi connectivity index (χ1v) is 7.07. The number of carbonyl (C=O) groups excluding carboxylic acids is 2. The third-order valence-electron chi connectivity index (χ3n) is 3.55. The highest BCUT2D eigenvalue weighted by molar-refractivity contribution is 5.90. The fraction of sp³-hybridized carbons (Fsp3) is 0.375. The molecule has 6 heteroatoms. The molecule has 1 aromatic rings. The topological polar surface area (TPSA) is 49.9 Å². The van der Waals surface area contributed by atoms with Crippen LogP contribution in [-0.4, -0.2) is 54.4 Å². The van der Waals surface area contributed by atoms with Crippen molar-refractivity contribution >= 4 is 11.8 Å². The van der Waals surface area contributed by atoms with Gasteiger partial charge in [0.1, 0.15) is 6.10 Å². The minimum absolute atomic E-state index is 0.00271. The maximum Gasteiger partial charge on any atom is 0.246 e. The maximum absolute atomic E-state index is 13.5. The molecule has 1 atom stereocenters. The van der Waals surface area contributed by atoms with E-state index in [0.717, 1.165) is 0 Å². The van der Waals surface area contributed by atoms with E-state index in [2.05, 4.69) is 6.58 Å². The predicted octanol–water partition coefficient (Wildman–Crippen LogP) is 1.45. The molecule has 0 aromatic heterocycles. The predicted molar refractivity (Wildman–Crippen MR) is 79.8 cm³/mol. The zero-order valence-electron chi connectivity index (χ0n) is 12.5. The number of rotatable bonds is 5. The molecule has 1 aliphatic heterocycles. The Hall–Kier alpha value is -2.37. The lowest BCUT2D eigenvalue weighted by molar-refractivity contribution is -0.136. The van der Waals surface area contributed by atoms with Crippen LogP contribution in [0, 0.1) is 5.82 Å². The molecular weight excluding hydrogens is 287 g/mol. The van der Waals surface area contributed by atoms with Gasteiger partial charge in [-0.15, -0.1) is 0 Å². The molecule has 1 aliphatic rings. The van der Waals surface area contributed by atoms with E-state index in [4.69, 9.17) is 4.74 Å². The zero-order chi connectivity index (χ0) is 16.1. The fourth-order valence-corrected chi connectivity index (χ4v) is 2.31. The second kappa shape index (κ2) is 7.06. The summed E-state index contributed by atoms with van der Waals surface area (Å²) in [7, 11) is 1.55. The molecule has 22 heavy (non-hydrogen) atoms. The van der Waals surface area contributed by atoms with E-state index in [1.165, 1.54) is 17.0 Å². The summed E-state index contributed by atoms with van der Waals surface area (Å²) in [5.41, 5.74) is 0. The summed E-state index contributed by atoms with van der Waals surface area (Å²) in [6, 6.07) is 6.20. The quantitative estimate of drug-likeness (QED) is 0.774. The number of para-hydroxylation sites is 1. The van der Waals surface area contributed by atoms with Gasteiger partial charge in [-0.25, -0.2) is 4.39 Å². The van der Waals surface area contributed by atoms with Crippen molar-refractivity contribution in [3.8, 4) is 5.75 Å². The summed E-state index contributed by atoms with van der Waals surface area (Å²) in [5, 5.41) is 0. The molecule has 1 saturated heterocycles. The van der Waals surface area contributed by atoms with Crippen molar-refractivity contribution in [2.24, 2.45) is 0 Å². The van der Waals surface area contributed by atoms with Crippen LogP contribution in [0.5, 0.6) is 5.75 Å². The van der Waals surface area contributed by atoms with Gasteiger partial charge in [0, 0.05) is 20.0 Å². The molecule has 0 aliphatic carbocycles. The number of halogens is 1. The SMILES string of the molecule is C=CC(=O)N(C)CC(=O)N1CCC(Oc2ccccc2F)C1. The van der Waals surface area contributed by atoms with Gasteiger partial charge in [0.25, 0.3) is 0 Å². The van der Waals surface area contributed by atoms with Gasteiger partial charge < -0.3 is 14.5 Å². The zero-order valence-corrected chi connectivity index (χ0v) is 12.5. The summed E-state index contributed by atoms with van der Waals surface area (Å²) >= 11 is 0. The Morgan fingerprint density at radius 1 is 1.50 bits per heavy atom. The van der Waals surface area contributed by atoms with Gasteiger partial charge in [0.05, 0.1) is 13.1 Å². The third-order valence-corrected chi connectivity index (χ3v) is 3.55. The highest BCUT2D eigenvalue weighted by atomic mass is 19.1. The number of hydrogen-bond acceptors (Lipinski definition) is 3. The van der Waals surface area contributed by atoms with E-state index in [1.54, 1.807) is 30.1 Å². The molecule has 0 spiro atoms. The maximum atomic E-state index is 13.5. The average molecular weight is 306 g/mol. The summed E-state index contributed by atoms with van der Waals surface area (Å²) in [6.07, 6.45) is 1.57. The number of likely N-dealkylation sites (N-methyl/N-ethyl adjacent to an activating group) is 1. The number of carbonyl (C=O) groups is 2. The number of hydrogen-bond donors (Lipinski definition) is 0. The standard InChI is InChI=1S/C16H19FN2O3/c1-3-15(20)18(2)11-16(21)19-9-8-12(10-19)22-14-7-5-4-6-13(14)17/h3-7,12H,1,8-11H2,2H3. The van der Waals surface area contributed by atoms with Crippen molar-refractivity contribution in [3.05, 3.63) is 42.7 Å². The van der Waals surface area contributed by atoms with Crippen LogP contribution in [0.25, 0.3) is 0 Å². The van der Waals surface area contributed by atoms with Crippen LogP contribution < -0.4 is 4.74 Å². The molecule has 1 fully saturated rings. The molecule has 1 heterocycles. The fourth-order valence-electron chi connectivity index (χ4n) is 2.31. The van der Waals surface area contributed by atoms with Crippen LogP contribution >= 0.6 is 0 Å². The molecule has 118 valence electrons. The van der Waals surface area contributed by atoms with Crippen LogP contribution in [-0.2, 0) is 9.59 Å². The Bertz CT molecular complexity index is 576.